The van der Waals surface area contributed by atoms with E-state index in [2.05, 4.69) is 0 Å². The van der Waals surface area contributed by atoms with E-state index in [1.54, 1.807) is 0 Å². The van der Waals surface area contributed by atoms with Crippen LogP contribution in [-0.4, -0.2) is 68.7 Å². The lowest BCUT2D eigenvalue weighted by Crippen LogP contribution is -2.30. The molecule has 2 heterocycles. The van der Waals surface area contributed by atoms with Crippen molar-refractivity contribution in [3.8, 4) is 0 Å². The van der Waals surface area contributed by atoms with E-state index < -0.39 is 23.8 Å². The number of carboxylic acid groups (broad SMARTS) is 2. The van der Waals surface area contributed by atoms with Gasteiger partial charge >= 0.3 is 11.9 Å². The number of imide groups is 2. The quantitative estimate of drug-likeness (QED) is 0.296. The lowest BCUT2D eigenvalue weighted by atomic mass is 10.1. The van der Waals surface area contributed by atoms with Crippen LogP contribution >= 0.6 is 0 Å². The summed E-state index contributed by atoms with van der Waals surface area (Å²) in [6.07, 6.45) is 6.88. The van der Waals surface area contributed by atoms with Gasteiger partial charge in [-0.2, -0.15) is 0 Å². The highest BCUT2D eigenvalue weighted by Gasteiger charge is 2.36. The van der Waals surface area contributed by atoms with E-state index >= 15 is 0 Å². The fourth-order valence-electron chi connectivity index (χ4n) is 4.85. The van der Waals surface area contributed by atoms with Gasteiger partial charge in [-0.3, -0.25) is 29.0 Å². The lowest BCUT2D eigenvalue weighted by Gasteiger charge is -2.14. The van der Waals surface area contributed by atoms with Gasteiger partial charge in [-0.25, -0.2) is 9.59 Å². The third-order valence-corrected chi connectivity index (χ3v) is 6.95. The van der Waals surface area contributed by atoms with Gasteiger partial charge in [-0.1, -0.05) is 38.5 Å². The summed E-state index contributed by atoms with van der Waals surface area (Å²) in [4.78, 5) is 74.7. The Labute approximate surface area is 218 Å². The van der Waals surface area contributed by atoms with E-state index in [1.165, 1.54) is 46.2 Å². The normalized spacial score (nSPS) is 14.3. The van der Waals surface area contributed by atoms with Gasteiger partial charge in [0, 0.05) is 13.1 Å². The zero-order valence-electron chi connectivity index (χ0n) is 20.8. The second-order valence-corrected chi connectivity index (χ2v) is 9.48. The minimum absolute atomic E-state index is 0.0233. The first-order valence-corrected chi connectivity index (χ1v) is 12.7. The summed E-state index contributed by atoms with van der Waals surface area (Å²) >= 11 is 0. The summed E-state index contributed by atoms with van der Waals surface area (Å²) in [5.74, 6) is -3.97. The molecule has 10 nitrogen and oxygen atoms in total. The van der Waals surface area contributed by atoms with Crippen molar-refractivity contribution in [3.63, 3.8) is 0 Å². The molecule has 0 aliphatic carbocycles. The second kappa shape index (κ2) is 11.4. The number of hydrogen-bond acceptors (Lipinski definition) is 6. The number of rotatable bonds is 13. The van der Waals surface area contributed by atoms with E-state index in [4.69, 9.17) is 10.2 Å². The smallest absolute Gasteiger partial charge is 0.335 e. The van der Waals surface area contributed by atoms with Crippen LogP contribution in [0.4, 0.5) is 0 Å². The number of nitrogens with zero attached hydrogens (tertiary/aromatic N) is 2. The number of hydrogen-bond donors (Lipinski definition) is 2. The van der Waals surface area contributed by atoms with Crippen LogP contribution in [-0.2, 0) is 0 Å². The average Bonchev–Trinajstić information content (AvgIpc) is 3.28. The molecule has 10 heteroatoms. The summed E-state index contributed by atoms with van der Waals surface area (Å²) in [6, 6.07) is 7.94. The molecule has 0 spiro atoms. The molecule has 0 radical (unpaired) electrons. The molecular weight excluding hydrogens is 492 g/mol. The fourth-order valence-corrected chi connectivity index (χ4v) is 4.85. The Kier molecular flexibility index (Phi) is 7.99. The molecule has 2 aliphatic rings. The highest BCUT2D eigenvalue weighted by Crippen LogP contribution is 2.26. The number of aromatic carboxylic acids is 2. The molecule has 2 N–H and O–H groups in total. The number of carbonyl (C=O) groups excluding carboxylic acids is 4. The van der Waals surface area contributed by atoms with Crippen molar-refractivity contribution in [2.24, 2.45) is 0 Å². The van der Waals surface area contributed by atoms with Crippen molar-refractivity contribution >= 4 is 35.6 Å². The average molecular weight is 521 g/mol. The maximum Gasteiger partial charge on any atom is 0.335 e. The number of fused-ring (bicyclic) bond motifs is 2. The van der Waals surface area contributed by atoms with Gasteiger partial charge < -0.3 is 10.2 Å². The van der Waals surface area contributed by atoms with Crippen LogP contribution in [0.25, 0.3) is 0 Å². The molecule has 4 rings (SSSR count). The van der Waals surface area contributed by atoms with Crippen LogP contribution in [0.15, 0.2) is 36.4 Å². The Bertz CT molecular complexity index is 1230. The Morgan fingerprint density at radius 3 is 1.16 bits per heavy atom. The molecule has 0 saturated heterocycles. The molecule has 2 aromatic rings. The molecule has 0 atom stereocenters. The molecule has 4 amide bonds. The van der Waals surface area contributed by atoms with Gasteiger partial charge in [0.2, 0.25) is 0 Å². The predicted molar refractivity (Wildman–Crippen MR) is 134 cm³/mol. The second-order valence-electron chi connectivity index (χ2n) is 9.48. The summed E-state index contributed by atoms with van der Waals surface area (Å²) in [5, 5.41) is 18.2. The third-order valence-electron chi connectivity index (χ3n) is 6.95. The van der Waals surface area contributed by atoms with Crippen molar-refractivity contribution in [1.29, 1.82) is 0 Å². The summed E-state index contributed by atoms with van der Waals surface area (Å²) in [7, 11) is 0. The lowest BCUT2D eigenvalue weighted by molar-refractivity contribution is 0.0635. The molecule has 0 unspecified atom stereocenters. The molecule has 38 heavy (non-hydrogen) atoms. The first-order chi connectivity index (χ1) is 18.2. The Morgan fingerprint density at radius 1 is 0.500 bits per heavy atom. The maximum absolute atomic E-state index is 12.5. The van der Waals surface area contributed by atoms with Gasteiger partial charge in [-0.15, -0.1) is 0 Å². The van der Waals surface area contributed by atoms with Gasteiger partial charge in [0.25, 0.3) is 23.6 Å². The van der Waals surface area contributed by atoms with Gasteiger partial charge in [-0.05, 0) is 49.2 Å². The van der Waals surface area contributed by atoms with E-state index in [0.29, 0.717) is 25.9 Å². The predicted octanol–water partition coefficient (Wildman–Crippen LogP) is 4.10. The zero-order chi connectivity index (χ0) is 27.4. The molecule has 198 valence electrons. The van der Waals surface area contributed by atoms with Crippen molar-refractivity contribution in [1.82, 2.24) is 9.80 Å². The summed E-state index contributed by atoms with van der Waals surface area (Å²) < 4.78 is 0. The number of benzene rings is 2. The molecule has 2 aromatic carbocycles. The molecule has 0 fully saturated rings. The van der Waals surface area contributed by atoms with Gasteiger partial charge in [0.05, 0.1) is 33.4 Å². The number of unbranched alkanes of at least 4 members (excludes halogenated alkanes) is 7. The largest absolute Gasteiger partial charge is 0.478 e. The summed E-state index contributed by atoms with van der Waals surface area (Å²) in [6.45, 7) is 0.589. The Balaban J connectivity index is 1.10. The van der Waals surface area contributed by atoms with Crippen molar-refractivity contribution in [3.05, 3.63) is 69.8 Å². The molecular formula is C28H28N2O8. The van der Waals surface area contributed by atoms with E-state index in [-0.39, 0.29) is 45.2 Å². The maximum atomic E-state index is 12.5. The van der Waals surface area contributed by atoms with Crippen molar-refractivity contribution in [2.45, 2.75) is 51.4 Å². The number of carbonyl (C=O) groups is 6. The number of carboxylic acids is 2. The van der Waals surface area contributed by atoms with Crippen molar-refractivity contribution in [2.75, 3.05) is 13.1 Å². The topological polar surface area (TPSA) is 149 Å². The molecule has 0 bridgehead atoms. The van der Waals surface area contributed by atoms with Crippen molar-refractivity contribution < 1.29 is 39.0 Å². The van der Waals surface area contributed by atoms with E-state index in [9.17, 15) is 28.8 Å². The Morgan fingerprint density at radius 2 is 0.816 bits per heavy atom. The first kappa shape index (κ1) is 26.7. The standard InChI is InChI=1S/C28H28N2O8/c31-23-19-11-9-17(27(35)36)15-21(19)25(33)29(23)13-7-5-3-1-2-4-6-8-14-30-24(32)20-12-10-18(28(37)38)16-22(20)26(30)34/h9-12,15-16H,1-8,13-14H2,(H,35,36)(H,37,38). The fraction of sp³-hybridized carbons (Fsp3) is 0.357. The van der Waals surface area contributed by atoms with Gasteiger partial charge in [0.15, 0.2) is 0 Å². The summed E-state index contributed by atoms with van der Waals surface area (Å²) in [5.41, 5.74) is 0.717. The van der Waals surface area contributed by atoms with Crippen LogP contribution in [0.2, 0.25) is 0 Å². The van der Waals surface area contributed by atoms with E-state index in [1.807, 2.05) is 0 Å². The van der Waals surface area contributed by atoms with Crippen LogP contribution in [0.5, 0.6) is 0 Å². The minimum Gasteiger partial charge on any atom is -0.478 e. The Hall–Kier alpha value is -4.34. The van der Waals surface area contributed by atoms with Crippen LogP contribution in [0, 0.1) is 0 Å². The number of amides is 4. The van der Waals surface area contributed by atoms with Crippen LogP contribution < -0.4 is 0 Å². The minimum atomic E-state index is -1.15. The SMILES string of the molecule is O=C(O)c1ccc2c(c1)C(=O)N(CCCCCCCCCCN1C(=O)c3ccc(C(=O)O)cc3C1=O)C2=O. The van der Waals surface area contributed by atoms with E-state index in [0.717, 1.165) is 38.5 Å². The van der Waals surface area contributed by atoms with Crippen LogP contribution in [0.3, 0.4) is 0 Å². The zero-order valence-corrected chi connectivity index (χ0v) is 20.8. The third kappa shape index (κ3) is 5.34. The highest BCUT2D eigenvalue weighted by molar-refractivity contribution is 6.22. The molecule has 2 aliphatic heterocycles. The molecule has 0 aromatic heterocycles. The monoisotopic (exact) mass is 520 g/mol. The first-order valence-electron chi connectivity index (χ1n) is 12.7. The molecule has 0 saturated carbocycles. The van der Waals surface area contributed by atoms with Crippen LogP contribution in [0.1, 0.15) is 114 Å². The highest BCUT2D eigenvalue weighted by atomic mass is 16.4. The van der Waals surface area contributed by atoms with Gasteiger partial charge in [0.1, 0.15) is 0 Å².